The first kappa shape index (κ1) is 36.7. The molecule has 4 nitrogen and oxygen atoms in total. The molecule has 0 N–H and O–H groups in total. The quantitative estimate of drug-likeness (QED) is 0.175. The van der Waals surface area contributed by atoms with E-state index in [0.717, 1.165) is 77.2 Å². The molecule has 0 aliphatic heterocycles. The van der Waals surface area contributed by atoms with Crippen molar-refractivity contribution in [2.75, 3.05) is 0 Å². The maximum absolute atomic E-state index is 11.6. The van der Waals surface area contributed by atoms with Crippen LogP contribution in [0.4, 0.5) is 0 Å². The summed E-state index contributed by atoms with van der Waals surface area (Å²) in [5, 5.41) is 26.1. The number of hydrogen-bond acceptors (Lipinski definition) is 2. The standard InChI is InChI=1S/C56H42N4/c1-33-22-35(3)55(36(4)23-33)41-18-20-46-44-14-7-9-16-49(44)59(51(46)27-41)53-29-43(40-13-11-12-39(26-40)31-57)30-54(48(53)32-58)60-50-17-10-8-15-45(50)47-21-19-42(28-52(47)60)56-37(5)24-34(2)25-38(56)6/h7-30H,1-6H3. The normalized spacial score (nSPS) is 11.5. The summed E-state index contributed by atoms with van der Waals surface area (Å²) in [4.78, 5) is 0. The zero-order chi connectivity index (χ0) is 41.4. The van der Waals surface area contributed by atoms with Crippen LogP contribution in [0.1, 0.15) is 44.5 Å². The molecule has 0 fully saturated rings. The van der Waals surface area contributed by atoms with Crippen molar-refractivity contribution in [3.05, 3.63) is 190 Å². The van der Waals surface area contributed by atoms with Gasteiger partial charge in [0.05, 0.1) is 45.1 Å². The third-order valence-electron chi connectivity index (χ3n) is 12.3. The van der Waals surface area contributed by atoms with Crippen LogP contribution in [0.15, 0.2) is 146 Å². The van der Waals surface area contributed by atoms with Gasteiger partial charge in [-0.15, -0.1) is 0 Å². The first-order chi connectivity index (χ1) is 29.1. The van der Waals surface area contributed by atoms with E-state index in [2.05, 4.69) is 190 Å². The Morgan fingerprint density at radius 1 is 0.367 bits per heavy atom. The van der Waals surface area contributed by atoms with Crippen LogP contribution in [-0.4, -0.2) is 9.13 Å². The summed E-state index contributed by atoms with van der Waals surface area (Å²) in [6.07, 6.45) is 0. The minimum absolute atomic E-state index is 0.557. The lowest BCUT2D eigenvalue weighted by molar-refractivity contribution is 1.12. The minimum Gasteiger partial charge on any atom is -0.308 e. The summed E-state index contributed by atoms with van der Waals surface area (Å²) in [5.41, 5.74) is 20.7. The molecule has 10 rings (SSSR count). The topological polar surface area (TPSA) is 57.4 Å². The second-order valence-electron chi connectivity index (χ2n) is 16.4. The second kappa shape index (κ2) is 14.0. The van der Waals surface area contributed by atoms with Crippen LogP contribution in [0.25, 0.3) is 88.4 Å². The minimum atomic E-state index is 0.557. The van der Waals surface area contributed by atoms with Crippen LogP contribution < -0.4 is 0 Å². The molecule has 8 aromatic carbocycles. The van der Waals surface area contributed by atoms with Gasteiger partial charge in [-0.05, 0) is 146 Å². The van der Waals surface area contributed by atoms with Gasteiger partial charge in [-0.3, -0.25) is 0 Å². The highest BCUT2D eigenvalue weighted by atomic mass is 15.0. The molecule has 286 valence electrons. The predicted octanol–water partition coefficient (Wildman–Crippen LogP) is 14.5. The van der Waals surface area contributed by atoms with Gasteiger partial charge in [-0.2, -0.15) is 10.5 Å². The largest absolute Gasteiger partial charge is 0.308 e. The van der Waals surface area contributed by atoms with E-state index in [0.29, 0.717) is 11.1 Å². The Morgan fingerprint density at radius 3 is 1.27 bits per heavy atom. The molecule has 60 heavy (non-hydrogen) atoms. The lowest BCUT2D eigenvalue weighted by atomic mass is 9.93. The number of aryl methyl sites for hydroxylation is 6. The van der Waals surface area contributed by atoms with E-state index in [9.17, 15) is 10.5 Å². The van der Waals surface area contributed by atoms with E-state index < -0.39 is 0 Å². The average molecular weight is 771 g/mol. The second-order valence-corrected chi connectivity index (χ2v) is 16.4. The molecule has 0 spiro atoms. The first-order valence-corrected chi connectivity index (χ1v) is 20.5. The van der Waals surface area contributed by atoms with E-state index in [4.69, 9.17) is 0 Å². The van der Waals surface area contributed by atoms with Crippen LogP contribution in [0, 0.1) is 64.2 Å². The van der Waals surface area contributed by atoms with Crippen molar-refractivity contribution >= 4 is 43.6 Å². The SMILES string of the molecule is Cc1cc(C)c(-c2ccc3c4ccccc4n(-c4cc(-c5cccc(C#N)c5)cc(-n5c6ccccc6c6ccc(-c7c(C)cc(C)cc7C)cc65)c4C#N)c3c2)c(C)c1. The van der Waals surface area contributed by atoms with Crippen molar-refractivity contribution in [2.24, 2.45) is 0 Å². The smallest absolute Gasteiger partial charge is 0.104 e. The Bertz CT molecular complexity index is 3280. The van der Waals surface area contributed by atoms with Crippen molar-refractivity contribution < 1.29 is 0 Å². The third kappa shape index (κ3) is 5.72. The van der Waals surface area contributed by atoms with Gasteiger partial charge in [0.1, 0.15) is 11.6 Å². The van der Waals surface area contributed by atoms with Crippen LogP contribution >= 0.6 is 0 Å². The Kier molecular flexibility index (Phi) is 8.57. The molecule has 0 unspecified atom stereocenters. The van der Waals surface area contributed by atoms with Gasteiger partial charge in [-0.1, -0.05) is 108 Å². The maximum atomic E-state index is 11.6. The molecule has 10 aromatic rings. The molecule has 0 amide bonds. The maximum Gasteiger partial charge on any atom is 0.104 e. The van der Waals surface area contributed by atoms with Crippen molar-refractivity contribution in [3.8, 4) is 56.9 Å². The van der Waals surface area contributed by atoms with Crippen molar-refractivity contribution in [1.29, 1.82) is 10.5 Å². The lowest BCUT2D eigenvalue weighted by Gasteiger charge is -2.19. The summed E-state index contributed by atoms with van der Waals surface area (Å²) in [6.45, 7) is 13.0. The van der Waals surface area contributed by atoms with Crippen molar-refractivity contribution in [3.63, 3.8) is 0 Å². The lowest BCUT2D eigenvalue weighted by Crippen LogP contribution is -2.05. The number of aromatic nitrogens is 2. The third-order valence-corrected chi connectivity index (χ3v) is 12.3. The zero-order valence-corrected chi connectivity index (χ0v) is 34.6. The summed E-state index contributed by atoms with van der Waals surface area (Å²) >= 11 is 0. The number of benzene rings is 8. The summed E-state index contributed by atoms with van der Waals surface area (Å²) < 4.78 is 4.57. The highest BCUT2D eigenvalue weighted by Gasteiger charge is 2.24. The molecule has 2 aromatic heterocycles. The van der Waals surface area contributed by atoms with Crippen LogP contribution in [0.3, 0.4) is 0 Å². The molecular formula is C56H42N4. The Balaban J connectivity index is 1.35. The highest BCUT2D eigenvalue weighted by Crippen LogP contribution is 2.43. The Morgan fingerprint density at radius 2 is 0.817 bits per heavy atom. The molecule has 0 saturated carbocycles. The fourth-order valence-corrected chi connectivity index (χ4v) is 10.1. The number of hydrogen-bond donors (Lipinski definition) is 0. The number of fused-ring (bicyclic) bond motifs is 6. The Labute approximate surface area is 350 Å². The molecular weight excluding hydrogens is 729 g/mol. The molecule has 0 atom stereocenters. The summed E-state index contributed by atoms with van der Waals surface area (Å²) in [7, 11) is 0. The van der Waals surface area contributed by atoms with E-state index in [1.54, 1.807) is 0 Å². The fraction of sp³-hybridized carbons (Fsp3) is 0.107. The van der Waals surface area contributed by atoms with Gasteiger partial charge in [0.25, 0.3) is 0 Å². The van der Waals surface area contributed by atoms with E-state index in [-0.39, 0.29) is 0 Å². The molecule has 4 heteroatoms. The number of nitriles is 2. The van der Waals surface area contributed by atoms with Gasteiger partial charge in [0.15, 0.2) is 0 Å². The van der Waals surface area contributed by atoms with Crippen LogP contribution in [0.2, 0.25) is 0 Å². The van der Waals surface area contributed by atoms with Gasteiger partial charge in [0, 0.05) is 21.5 Å². The first-order valence-electron chi connectivity index (χ1n) is 20.5. The molecule has 2 heterocycles. The number of para-hydroxylation sites is 2. The van der Waals surface area contributed by atoms with Gasteiger partial charge >= 0.3 is 0 Å². The van der Waals surface area contributed by atoms with E-state index in [1.807, 2.05) is 18.2 Å². The average Bonchev–Trinajstić information content (AvgIpc) is 3.74. The zero-order valence-electron chi connectivity index (χ0n) is 34.6. The molecule has 0 radical (unpaired) electrons. The predicted molar refractivity (Wildman–Crippen MR) is 249 cm³/mol. The van der Waals surface area contributed by atoms with E-state index >= 15 is 0 Å². The van der Waals surface area contributed by atoms with Gasteiger partial charge in [-0.25, -0.2) is 0 Å². The van der Waals surface area contributed by atoms with E-state index in [1.165, 1.54) is 44.5 Å². The van der Waals surface area contributed by atoms with Crippen molar-refractivity contribution in [1.82, 2.24) is 9.13 Å². The van der Waals surface area contributed by atoms with Gasteiger partial charge < -0.3 is 9.13 Å². The van der Waals surface area contributed by atoms with Crippen LogP contribution in [-0.2, 0) is 0 Å². The van der Waals surface area contributed by atoms with Gasteiger partial charge in [0.2, 0.25) is 0 Å². The Hall–Kier alpha value is -7.66. The van der Waals surface area contributed by atoms with Crippen molar-refractivity contribution in [2.45, 2.75) is 41.5 Å². The number of nitrogens with zero attached hydrogens (tertiary/aromatic N) is 4. The molecule has 0 bridgehead atoms. The fourth-order valence-electron chi connectivity index (χ4n) is 10.1. The monoisotopic (exact) mass is 770 g/mol. The summed E-state index contributed by atoms with van der Waals surface area (Å²) in [6, 6.07) is 56.6. The molecule has 0 saturated heterocycles. The molecule has 0 aliphatic carbocycles. The summed E-state index contributed by atoms with van der Waals surface area (Å²) in [5.74, 6) is 0. The highest BCUT2D eigenvalue weighted by molar-refractivity contribution is 6.12. The molecule has 0 aliphatic rings. The van der Waals surface area contributed by atoms with Crippen LogP contribution in [0.5, 0.6) is 0 Å². The number of rotatable bonds is 5.